The zero-order chi connectivity index (χ0) is 16.4. The molecule has 3 nitrogen and oxygen atoms in total. The molecule has 1 atom stereocenters. The van der Waals surface area contributed by atoms with Crippen LogP contribution < -0.4 is 0 Å². The lowest BCUT2D eigenvalue weighted by Gasteiger charge is -2.15. The Morgan fingerprint density at radius 1 is 1.27 bits per heavy atom. The molecule has 1 aromatic carbocycles. The van der Waals surface area contributed by atoms with Crippen molar-refractivity contribution < 1.29 is 27.4 Å². The SMILES string of the molecule is CCOC(=O)C[C@H](/C=C/COCc1ccccc1)C(F)(F)F. The Labute approximate surface area is 127 Å². The van der Waals surface area contributed by atoms with Crippen LogP contribution in [0.5, 0.6) is 0 Å². The number of carbonyl (C=O) groups is 1. The van der Waals surface area contributed by atoms with E-state index in [0.29, 0.717) is 6.61 Å². The smallest absolute Gasteiger partial charge is 0.395 e. The van der Waals surface area contributed by atoms with Crippen LogP contribution >= 0.6 is 0 Å². The van der Waals surface area contributed by atoms with Crippen molar-refractivity contribution >= 4 is 5.97 Å². The van der Waals surface area contributed by atoms with Gasteiger partial charge in [-0.3, -0.25) is 4.79 Å². The number of alkyl halides is 3. The van der Waals surface area contributed by atoms with Gasteiger partial charge in [-0.05, 0) is 12.5 Å². The summed E-state index contributed by atoms with van der Waals surface area (Å²) in [5.41, 5.74) is 0.940. The second-order valence-corrected chi connectivity index (χ2v) is 4.59. The van der Waals surface area contributed by atoms with E-state index in [-0.39, 0.29) is 13.2 Å². The molecule has 0 aliphatic rings. The Balaban J connectivity index is 2.43. The second-order valence-electron chi connectivity index (χ2n) is 4.59. The molecule has 0 saturated carbocycles. The zero-order valence-corrected chi connectivity index (χ0v) is 12.3. The molecule has 0 amide bonds. The molecule has 22 heavy (non-hydrogen) atoms. The minimum absolute atomic E-state index is 0.0459. The largest absolute Gasteiger partial charge is 0.466 e. The van der Waals surface area contributed by atoms with Gasteiger partial charge in [0.2, 0.25) is 0 Å². The summed E-state index contributed by atoms with van der Waals surface area (Å²) in [5.74, 6) is -2.72. The van der Waals surface area contributed by atoms with Crippen LogP contribution in [0.2, 0.25) is 0 Å². The molecule has 0 N–H and O–H groups in total. The van der Waals surface area contributed by atoms with E-state index in [0.717, 1.165) is 11.6 Å². The minimum Gasteiger partial charge on any atom is -0.466 e. The second kappa shape index (κ2) is 9.25. The number of allylic oxidation sites excluding steroid dienone is 1. The van der Waals surface area contributed by atoms with Crippen molar-refractivity contribution in [1.29, 1.82) is 0 Å². The van der Waals surface area contributed by atoms with Crippen molar-refractivity contribution in [3.8, 4) is 0 Å². The van der Waals surface area contributed by atoms with Gasteiger partial charge in [0, 0.05) is 0 Å². The van der Waals surface area contributed by atoms with Crippen LogP contribution in [0.25, 0.3) is 0 Å². The van der Waals surface area contributed by atoms with Gasteiger partial charge >= 0.3 is 12.1 Å². The third-order valence-electron chi connectivity index (χ3n) is 2.81. The fourth-order valence-electron chi connectivity index (χ4n) is 1.73. The van der Waals surface area contributed by atoms with E-state index in [4.69, 9.17) is 4.74 Å². The Morgan fingerprint density at radius 3 is 2.55 bits per heavy atom. The van der Waals surface area contributed by atoms with Crippen molar-refractivity contribution in [2.75, 3.05) is 13.2 Å². The van der Waals surface area contributed by atoms with Crippen molar-refractivity contribution in [2.24, 2.45) is 5.92 Å². The van der Waals surface area contributed by atoms with Crippen molar-refractivity contribution in [1.82, 2.24) is 0 Å². The maximum atomic E-state index is 12.8. The van der Waals surface area contributed by atoms with E-state index in [1.165, 1.54) is 6.08 Å². The Kier molecular flexibility index (Phi) is 7.66. The van der Waals surface area contributed by atoms with Gasteiger partial charge in [0.05, 0.1) is 32.2 Å². The maximum absolute atomic E-state index is 12.8. The van der Waals surface area contributed by atoms with Crippen LogP contribution in [0.3, 0.4) is 0 Å². The molecule has 6 heteroatoms. The molecule has 0 aliphatic heterocycles. The summed E-state index contributed by atoms with van der Waals surface area (Å²) in [7, 11) is 0. The van der Waals surface area contributed by atoms with Crippen LogP contribution in [0.15, 0.2) is 42.5 Å². The van der Waals surface area contributed by atoms with Crippen molar-refractivity contribution in [2.45, 2.75) is 26.1 Å². The molecule has 0 radical (unpaired) electrons. The standard InChI is InChI=1S/C16H19F3O3/c1-2-22-15(20)11-14(16(17,18)19)9-6-10-21-12-13-7-4-3-5-8-13/h3-9,14H,2,10-12H2,1H3/b9-6+/t14-/m0/s1. The molecule has 1 rings (SSSR count). The highest BCUT2D eigenvalue weighted by Gasteiger charge is 2.39. The number of esters is 1. The number of hydrogen-bond donors (Lipinski definition) is 0. The number of ether oxygens (including phenoxy) is 2. The fraction of sp³-hybridized carbons (Fsp3) is 0.438. The lowest BCUT2D eigenvalue weighted by atomic mass is 10.0. The van der Waals surface area contributed by atoms with E-state index in [1.807, 2.05) is 30.3 Å². The molecular weight excluding hydrogens is 297 g/mol. The Morgan fingerprint density at radius 2 is 1.95 bits per heavy atom. The number of hydrogen-bond acceptors (Lipinski definition) is 3. The molecule has 0 bridgehead atoms. The topological polar surface area (TPSA) is 35.5 Å². The minimum atomic E-state index is -4.48. The predicted octanol–water partition coefficient (Wildman–Crippen LogP) is 3.89. The summed E-state index contributed by atoms with van der Waals surface area (Å²) < 4.78 is 48.2. The third kappa shape index (κ3) is 7.26. The van der Waals surface area contributed by atoms with Crippen LogP contribution in [-0.4, -0.2) is 25.4 Å². The van der Waals surface area contributed by atoms with Gasteiger partial charge in [-0.25, -0.2) is 0 Å². The molecule has 0 aliphatic carbocycles. The van der Waals surface area contributed by atoms with E-state index < -0.39 is 24.5 Å². The first kappa shape index (κ1) is 18.2. The molecule has 0 saturated heterocycles. The normalized spacial score (nSPS) is 13.3. The summed E-state index contributed by atoms with van der Waals surface area (Å²) in [6, 6.07) is 9.31. The number of benzene rings is 1. The highest BCUT2D eigenvalue weighted by Crippen LogP contribution is 2.30. The van der Waals surface area contributed by atoms with Crippen LogP contribution in [-0.2, 0) is 20.9 Å². The Hall–Kier alpha value is -1.82. The fourth-order valence-corrected chi connectivity index (χ4v) is 1.73. The average Bonchev–Trinajstić information content (AvgIpc) is 2.46. The lowest BCUT2D eigenvalue weighted by molar-refractivity contribution is -0.173. The first-order valence-electron chi connectivity index (χ1n) is 6.94. The molecule has 0 fully saturated rings. The highest BCUT2D eigenvalue weighted by atomic mass is 19.4. The third-order valence-corrected chi connectivity index (χ3v) is 2.81. The summed E-state index contributed by atoms with van der Waals surface area (Å²) in [5, 5.41) is 0. The molecule has 0 heterocycles. The molecule has 0 unspecified atom stereocenters. The maximum Gasteiger partial charge on any atom is 0.395 e. The molecule has 0 spiro atoms. The van der Waals surface area contributed by atoms with Crippen molar-refractivity contribution in [3.05, 3.63) is 48.0 Å². The number of carbonyl (C=O) groups excluding carboxylic acids is 1. The van der Waals surface area contributed by atoms with Crippen LogP contribution in [0.4, 0.5) is 13.2 Å². The Bertz CT molecular complexity index is 469. The van der Waals surface area contributed by atoms with Gasteiger partial charge in [-0.15, -0.1) is 0 Å². The summed E-state index contributed by atoms with van der Waals surface area (Å²) in [6.07, 6.45) is -2.97. The van der Waals surface area contributed by atoms with Gasteiger partial charge in [-0.2, -0.15) is 13.2 Å². The summed E-state index contributed by atoms with van der Waals surface area (Å²) >= 11 is 0. The first-order chi connectivity index (χ1) is 10.4. The van der Waals surface area contributed by atoms with Gasteiger partial charge in [0.25, 0.3) is 0 Å². The van der Waals surface area contributed by atoms with Crippen molar-refractivity contribution in [3.63, 3.8) is 0 Å². The quantitative estimate of drug-likeness (QED) is 0.415. The van der Waals surface area contributed by atoms with E-state index >= 15 is 0 Å². The van der Waals surface area contributed by atoms with E-state index in [2.05, 4.69) is 4.74 Å². The van der Waals surface area contributed by atoms with E-state index in [9.17, 15) is 18.0 Å². The number of halogens is 3. The highest BCUT2D eigenvalue weighted by molar-refractivity contribution is 5.70. The molecular formula is C16H19F3O3. The molecule has 122 valence electrons. The average molecular weight is 316 g/mol. The lowest BCUT2D eigenvalue weighted by Crippen LogP contribution is -2.24. The summed E-state index contributed by atoms with van der Waals surface area (Å²) in [4.78, 5) is 11.2. The number of rotatable bonds is 8. The zero-order valence-electron chi connectivity index (χ0n) is 12.3. The molecule has 0 aromatic heterocycles. The van der Waals surface area contributed by atoms with Gasteiger partial charge in [-0.1, -0.05) is 42.5 Å². The first-order valence-corrected chi connectivity index (χ1v) is 6.94. The van der Waals surface area contributed by atoms with E-state index in [1.54, 1.807) is 6.92 Å². The van der Waals surface area contributed by atoms with Gasteiger partial charge < -0.3 is 9.47 Å². The summed E-state index contributed by atoms with van der Waals surface area (Å²) in [6.45, 7) is 1.98. The van der Waals surface area contributed by atoms with Crippen LogP contribution in [0, 0.1) is 5.92 Å². The van der Waals surface area contributed by atoms with Crippen LogP contribution in [0.1, 0.15) is 18.9 Å². The monoisotopic (exact) mass is 316 g/mol. The van der Waals surface area contributed by atoms with Gasteiger partial charge in [0.15, 0.2) is 0 Å². The molecule has 1 aromatic rings. The van der Waals surface area contributed by atoms with Gasteiger partial charge in [0.1, 0.15) is 0 Å². The predicted molar refractivity (Wildman–Crippen MR) is 76.0 cm³/mol.